The first-order valence-corrected chi connectivity index (χ1v) is 9.21. The predicted molar refractivity (Wildman–Crippen MR) is 107 cm³/mol. The SMILES string of the molecule is CCOc1ccccc1C=C1SC(=Nc2ccc(Cl)c(C(=O)O)c2)NC1=O. The second-order valence-corrected chi connectivity index (χ2v) is 6.86. The van der Waals surface area contributed by atoms with Crippen LogP contribution >= 0.6 is 23.4 Å². The molecular weight excluding hydrogens is 388 g/mol. The van der Waals surface area contributed by atoms with Gasteiger partial charge in [-0.25, -0.2) is 9.79 Å². The van der Waals surface area contributed by atoms with Crippen molar-refractivity contribution in [2.75, 3.05) is 6.61 Å². The maximum absolute atomic E-state index is 12.2. The second-order valence-electron chi connectivity index (χ2n) is 5.42. The van der Waals surface area contributed by atoms with Gasteiger partial charge in [0.25, 0.3) is 5.91 Å². The van der Waals surface area contributed by atoms with Crippen molar-refractivity contribution < 1.29 is 19.4 Å². The van der Waals surface area contributed by atoms with Crippen molar-refractivity contribution in [3.05, 3.63) is 63.5 Å². The maximum Gasteiger partial charge on any atom is 0.337 e. The minimum absolute atomic E-state index is 0.0470. The van der Waals surface area contributed by atoms with Crippen LogP contribution < -0.4 is 10.1 Å². The molecule has 1 aliphatic heterocycles. The molecule has 1 amide bonds. The molecule has 3 rings (SSSR count). The first-order chi connectivity index (χ1) is 13.0. The Bertz CT molecular complexity index is 972. The zero-order valence-electron chi connectivity index (χ0n) is 14.2. The quantitative estimate of drug-likeness (QED) is 0.727. The number of carbonyl (C=O) groups excluding carboxylic acids is 1. The van der Waals surface area contributed by atoms with Crippen LogP contribution in [0.4, 0.5) is 5.69 Å². The zero-order chi connectivity index (χ0) is 19.4. The van der Waals surface area contributed by atoms with Gasteiger partial charge in [0.2, 0.25) is 0 Å². The molecule has 0 atom stereocenters. The van der Waals surface area contributed by atoms with E-state index in [1.54, 1.807) is 12.1 Å². The van der Waals surface area contributed by atoms with Crippen molar-refractivity contribution in [2.24, 2.45) is 4.99 Å². The minimum Gasteiger partial charge on any atom is -0.493 e. The number of aliphatic imine (C=N–C) groups is 1. The highest BCUT2D eigenvalue weighted by molar-refractivity contribution is 8.18. The molecule has 1 aliphatic rings. The Hall–Kier alpha value is -2.77. The minimum atomic E-state index is -1.14. The number of halogens is 1. The first kappa shape index (κ1) is 19.0. The molecule has 1 fully saturated rings. The van der Waals surface area contributed by atoms with Crippen molar-refractivity contribution in [1.82, 2.24) is 5.32 Å². The molecule has 0 aromatic heterocycles. The van der Waals surface area contributed by atoms with Gasteiger partial charge in [-0.15, -0.1) is 0 Å². The van der Waals surface area contributed by atoms with E-state index >= 15 is 0 Å². The number of thioether (sulfide) groups is 1. The Balaban J connectivity index is 1.87. The maximum atomic E-state index is 12.2. The van der Waals surface area contributed by atoms with E-state index in [1.165, 1.54) is 23.9 Å². The number of nitrogens with zero attached hydrogens (tertiary/aromatic N) is 1. The van der Waals surface area contributed by atoms with E-state index in [-0.39, 0.29) is 16.5 Å². The van der Waals surface area contributed by atoms with Crippen molar-refractivity contribution in [2.45, 2.75) is 6.92 Å². The van der Waals surface area contributed by atoms with Crippen LogP contribution in [0.25, 0.3) is 6.08 Å². The molecule has 0 aliphatic carbocycles. The van der Waals surface area contributed by atoms with Crippen molar-refractivity contribution in [3.63, 3.8) is 0 Å². The molecule has 0 spiro atoms. The van der Waals surface area contributed by atoms with E-state index in [0.29, 0.717) is 28.1 Å². The van der Waals surface area contributed by atoms with Crippen molar-refractivity contribution in [1.29, 1.82) is 0 Å². The Morgan fingerprint density at radius 2 is 2.11 bits per heavy atom. The number of nitrogens with one attached hydrogen (secondary N) is 1. The molecule has 8 heteroatoms. The van der Waals surface area contributed by atoms with E-state index in [0.717, 1.165) is 5.56 Å². The zero-order valence-corrected chi connectivity index (χ0v) is 15.8. The van der Waals surface area contributed by atoms with E-state index in [2.05, 4.69) is 10.3 Å². The number of carbonyl (C=O) groups is 2. The summed E-state index contributed by atoms with van der Waals surface area (Å²) in [6.07, 6.45) is 1.73. The van der Waals surface area contributed by atoms with Crippen LogP contribution in [0.3, 0.4) is 0 Å². The lowest BCUT2D eigenvalue weighted by Gasteiger charge is -2.06. The van der Waals surface area contributed by atoms with Crippen LogP contribution in [0, 0.1) is 0 Å². The number of rotatable bonds is 5. The molecular formula is C19H15ClN2O4S. The topological polar surface area (TPSA) is 88.0 Å². The van der Waals surface area contributed by atoms with E-state index in [4.69, 9.17) is 21.4 Å². The molecule has 2 N–H and O–H groups in total. The van der Waals surface area contributed by atoms with E-state index in [1.807, 2.05) is 31.2 Å². The van der Waals surface area contributed by atoms with Crippen LogP contribution in [0.1, 0.15) is 22.8 Å². The van der Waals surface area contributed by atoms with Gasteiger partial charge in [-0.1, -0.05) is 29.8 Å². The first-order valence-electron chi connectivity index (χ1n) is 8.02. The number of para-hydroxylation sites is 1. The van der Waals surface area contributed by atoms with Gasteiger partial charge in [-0.2, -0.15) is 0 Å². The van der Waals surface area contributed by atoms with Crippen molar-refractivity contribution >= 4 is 52.2 Å². The standard InChI is InChI=1S/C19H15ClN2O4S/c1-2-26-15-6-4-3-5-11(15)9-16-17(23)22-19(27-16)21-12-7-8-14(20)13(10-12)18(24)25/h3-10H,2H2,1H3,(H,24,25)(H,21,22,23). The molecule has 6 nitrogen and oxygen atoms in total. The number of carboxylic acid groups (broad SMARTS) is 1. The Morgan fingerprint density at radius 3 is 2.85 bits per heavy atom. The largest absolute Gasteiger partial charge is 0.493 e. The fourth-order valence-corrected chi connectivity index (χ4v) is 3.40. The number of amidine groups is 1. The van der Waals surface area contributed by atoms with Gasteiger partial charge in [-0.3, -0.25) is 4.79 Å². The number of ether oxygens (including phenoxy) is 1. The molecule has 27 heavy (non-hydrogen) atoms. The van der Waals surface area contributed by atoms with Crippen LogP contribution in [-0.4, -0.2) is 28.8 Å². The lowest BCUT2D eigenvalue weighted by molar-refractivity contribution is -0.115. The third kappa shape index (κ3) is 4.50. The molecule has 0 saturated carbocycles. The molecule has 0 unspecified atom stereocenters. The molecule has 2 aromatic rings. The summed E-state index contributed by atoms with van der Waals surface area (Å²) in [5.74, 6) is -0.731. The summed E-state index contributed by atoms with van der Waals surface area (Å²) in [7, 11) is 0. The third-order valence-electron chi connectivity index (χ3n) is 3.57. The molecule has 138 valence electrons. The molecule has 1 saturated heterocycles. The lowest BCUT2D eigenvalue weighted by Crippen LogP contribution is -2.19. The number of amides is 1. The average Bonchev–Trinajstić information content (AvgIpc) is 2.97. The summed E-state index contributed by atoms with van der Waals surface area (Å²) in [5.41, 5.74) is 1.13. The summed E-state index contributed by atoms with van der Waals surface area (Å²) in [4.78, 5) is 28.2. The molecule has 2 aromatic carbocycles. The monoisotopic (exact) mass is 402 g/mol. The van der Waals surface area contributed by atoms with Crippen LogP contribution in [0.5, 0.6) is 5.75 Å². The van der Waals surface area contributed by atoms with Gasteiger partial charge < -0.3 is 15.2 Å². The number of aromatic carboxylic acids is 1. The van der Waals surface area contributed by atoms with Crippen LogP contribution in [0.15, 0.2) is 52.4 Å². The highest BCUT2D eigenvalue weighted by atomic mass is 35.5. The Labute approximate surface area is 164 Å². The van der Waals surface area contributed by atoms with Gasteiger partial charge in [0.1, 0.15) is 5.75 Å². The summed E-state index contributed by atoms with van der Waals surface area (Å²) in [6.45, 7) is 2.41. The van der Waals surface area contributed by atoms with E-state index in [9.17, 15) is 9.59 Å². The van der Waals surface area contributed by atoms with Crippen LogP contribution in [-0.2, 0) is 4.79 Å². The normalized spacial score (nSPS) is 16.6. The van der Waals surface area contributed by atoms with Crippen molar-refractivity contribution in [3.8, 4) is 5.75 Å². The Morgan fingerprint density at radius 1 is 1.33 bits per heavy atom. The highest BCUT2D eigenvalue weighted by Crippen LogP contribution is 2.31. The van der Waals surface area contributed by atoms with Gasteiger partial charge in [-0.05, 0) is 49.0 Å². The fourth-order valence-electron chi connectivity index (χ4n) is 2.37. The lowest BCUT2D eigenvalue weighted by atomic mass is 10.2. The Kier molecular flexibility index (Phi) is 5.83. The van der Waals surface area contributed by atoms with Gasteiger partial charge in [0.15, 0.2) is 5.17 Å². The summed E-state index contributed by atoms with van der Waals surface area (Å²) < 4.78 is 5.57. The third-order valence-corrected chi connectivity index (χ3v) is 4.81. The number of hydrogen-bond acceptors (Lipinski definition) is 5. The highest BCUT2D eigenvalue weighted by Gasteiger charge is 2.24. The summed E-state index contributed by atoms with van der Waals surface area (Å²) >= 11 is 7.03. The number of hydrogen-bond donors (Lipinski definition) is 2. The van der Waals surface area contributed by atoms with E-state index < -0.39 is 5.97 Å². The number of carboxylic acids is 1. The van der Waals surface area contributed by atoms with Gasteiger partial charge in [0, 0.05) is 5.56 Å². The summed E-state index contributed by atoms with van der Waals surface area (Å²) in [5, 5.41) is 12.3. The smallest absolute Gasteiger partial charge is 0.337 e. The molecule has 0 bridgehead atoms. The molecule has 0 radical (unpaired) electrons. The summed E-state index contributed by atoms with van der Waals surface area (Å²) in [6, 6.07) is 11.8. The predicted octanol–water partition coefficient (Wildman–Crippen LogP) is 4.33. The fraction of sp³-hybridized carbons (Fsp3) is 0.105. The van der Waals surface area contributed by atoms with Gasteiger partial charge >= 0.3 is 5.97 Å². The second kappa shape index (κ2) is 8.28. The van der Waals surface area contributed by atoms with Crippen LogP contribution in [0.2, 0.25) is 5.02 Å². The number of benzene rings is 2. The van der Waals surface area contributed by atoms with Gasteiger partial charge in [0.05, 0.1) is 27.8 Å². The average molecular weight is 403 g/mol. The molecule has 1 heterocycles.